The van der Waals surface area contributed by atoms with Crippen LogP contribution in [0.3, 0.4) is 0 Å². The minimum Gasteiger partial charge on any atom is -0.351 e. The van der Waals surface area contributed by atoms with Crippen LogP contribution < -0.4 is 10.8 Å². The molecule has 0 aliphatic carbocycles. The van der Waals surface area contributed by atoms with Crippen molar-refractivity contribution in [1.82, 2.24) is 5.09 Å². The van der Waals surface area contributed by atoms with E-state index in [4.69, 9.17) is 0 Å². The Labute approximate surface area is 47.9 Å². The van der Waals surface area contributed by atoms with E-state index in [1.165, 1.54) is 13.3 Å². The lowest BCUT2D eigenvalue weighted by Crippen LogP contribution is -2.25. The third kappa shape index (κ3) is 5.50. The van der Waals surface area contributed by atoms with E-state index in [1.54, 1.807) is 0 Å². The zero-order valence-corrected chi connectivity index (χ0v) is 5.74. The van der Waals surface area contributed by atoms with Gasteiger partial charge < -0.3 is 10.3 Å². The highest BCUT2D eigenvalue weighted by Gasteiger charge is 2.06. The van der Waals surface area contributed by atoms with E-state index >= 15 is 0 Å². The monoisotopic (exact) mass is 136 g/mol. The second kappa shape index (κ2) is 2.18. The number of nitrogens with two attached hydrogens (primary N) is 1. The molecule has 0 unspecified atom stereocenters. The van der Waals surface area contributed by atoms with Crippen molar-refractivity contribution in [2.75, 3.05) is 13.3 Å². The molecule has 0 radical (unpaired) electrons. The van der Waals surface area contributed by atoms with E-state index in [0.717, 1.165) is 0 Å². The maximum Gasteiger partial charge on any atom is 0.317 e. The van der Waals surface area contributed by atoms with Crippen molar-refractivity contribution in [2.24, 2.45) is 5.73 Å². The molecule has 0 spiro atoms. The Morgan fingerprint density at radius 1 is 1.62 bits per heavy atom. The minimum atomic E-state index is -2.45. The fourth-order valence-electron chi connectivity index (χ4n) is 0.265. The SMILES string of the molecule is CP(C)(=O)NC(N)=O. The van der Waals surface area contributed by atoms with E-state index < -0.39 is 13.3 Å². The van der Waals surface area contributed by atoms with Gasteiger partial charge in [-0.15, -0.1) is 0 Å². The van der Waals surface area contributed by atoms with Crippen LogP contribution in [-0.4, -0.2) is 19.4 Å². The van der Waals surface area contributed by atoms with Crippen LogP contribution in [0, 0.1) is 0 Å². The molecule has 0 bridgehead atoms. The van der Waals surface area contributed by atoms with Crippen molar-refractivity contribution in [2.45, 2.75) is 0 Å². The van der Waals surface area contributed by atoms with Gasteiger partial charge in [-0.3, -0.25) is 5.09 Å². The van der Waals surface area contributed by atoms with Gasteiger partial charge in [0.25, 0.3) is 0 Å². The smallest absolute Gasteiger partial charge is 0.317 e. The molecule has 0 aliphatic heterocycles. The molecule has 0 fully saturated rings. The summed E-state index contributed by atoms with van der Waals surface area (Å²) in [6, 6.07) is -0.738. The van der Waals surface area contributed by atoms with E-state index in [1.807, 2.05) is 0 Å². The zero-order valence-electron chi connectivity index (χ0n) is 4.84. The minimum absolute atomic E-state index is 0.738. The molecule has 8 heavy (non-hydrogen) atoms. The highest BCUT2D eigenvalue weighted by Crippen LogP contribution is 2.28. The summed E-state index contributed by atoms with van der Waals surface area (Å²) in [5.74, 6) is 0. The van der Waals surface area contributed by atoms with Crippen molar-refractivity contribution in [3.05, 3.63) is 0 Å². The lowest BCUT2D eigenvalue weighted by Gasteiger charge is -2.03. The number of primary amides is 1. The summed E-state index contributed by atoms with van der Waals surface area (Å²) in [7, 11) is -2.45. The molecule has 0 aromatic heterocycles. The number of rotatable bonds is 1. The third-order valence-corrected chi connectivity index (χ3v) is 1.14. The van der Waals surface area contributed by atoms with Crippen LogP contribution in [0.5, 0.6) is 0 Å². The molecular weight excluding hydrogens is 127 g/mol. The first-order valence-corrected chi connectivity index (χ1v) is 4.64. The van der Waals surface area contributed by atoms with Gasteiger partial charge in [0.1, 0.15) is 0 Å². The first-order chi connectivity index (χ1) is 3.42. The molecule has 0 saturated heterocycles. The van der Waals surface area contributed by atoms with Gasteiger partial charge in [-0.1, -0.05) is 0 Å². The Bertz CT molecular complexity index is 138. The molecule has 0 rings (SSSR count). The molecule has 0 aromatic rings. The van der Waals surface area contributed by atoms with Gasteiger partial charge in [0.05, 0.1) is 0 Å². The largest absolute Gasteiger partial charge is 0.351 e. The number of carbonyl (C=O) groups is 1. The molecule has 0 aliphatic rings. The van der Waals surface area contributed by atoms with Gasteiger partial charge in [0.15, 0.2) is 7.29 Å². The molecule has 4 nitrogen and oxygen atoms in total. The summed E-state index contributed by atoms with van der Waals surface area (Å²) < 4.78 is 10.6. The van der Waals surface area contributed by atoms with Crippen molar-refractivity contribution in [1.29, 1.82) is 0 Å². The van der Waals surface area contributed by atoms with Gasteiger partial charge in [-0.05, 0) is 0 Å². The number of carbonyl (C=O) groups excluding carboxylic acids is 1. The summed E-state index contributed by atoms with van der Waals surface area (Å²) in [6.45, 7) is 2.86. The Morgan fingerprint density at radius 3 is 2.00 bits per heavy atom. The highest BCUT2D eigenvalue weighted by molar-refractivity contribution is 7.60. The van der Waals surface area contributed by atoms with Gasteiger partial charge in [0, 0.05) is 13.3 Å². The Balaban J connectivity index is 3.74. The van der Waals surface area contributed by atoms with Gasteiger partial charge in [0.2, 0.25) is 0 Å². The van der Waals surface area contributed by atoms with Crippen molar-refractivity contribution in [3.8, 4) is 0 Å². The summed E-state index contributed by atoms with van der Waals surface area (Å²) in [5, 5.41) is 2.08. The fourth-order valence-corrected chi connectivity index (χ4v) is 0.796. The van der Waals surface area contributed by atoms with Crippen molar-refractivity contribution in [3.63, 3.8) is 0 Å². The molecule has 0 atom stereocenters. The molecule has 0 heterocycles. The van der Waals surface area contributed by atoms with Crippen LogP contribution in [0.1, 0.15) is 0 Å². The summed E-state index contributed by atoms with van der Waals surface area (Å²) >= 11 is 0. The van der Waals surface area contributed by atoms with E-state index in [2.05, 4.69) is 10.8 Å². The molecule has 48 valence electrons. The Kier molecular flexibility index (Phi) is 2.04. The standard InChI is InChI=1S/C3H9N2O2P/c1-8(2,7)5-3(4)6/h1-2H3,(H3,4,5,6,7). The van der Waals surface area contributed by atoms with Gasteiger partial charge >= 0.3 is 6.03 Å². The Morgan fingerprint density at radius 2 is 2.00 bits per heavy atom. The average molecular weight is 136 g/mol. The quantitative estimate of drug-likeness (QED) is 0.505. The van der Waals surface area contributed by atoms with Gasteiger partial charge in [-0.2, -0.15) is 0 Å². The van der Waals surface area contributed by atoms with Crippen LogP contribution in [0.4, 0.5) is 4.79 Å². The maximum absolute atomic E-state index is 10.6. The predicted molar refractivity (Wildman–Crippen MR) is 32.2 cm³/mol. The van der Waals surface area contributed by atoms with E-state index in [9.17, 15) is 9.36 Å². The zero-order chi connectivity index (χ0) is 6.78. The predicted octanol–water partition coefficient (Wildman–Crippen LogP) is 0.192. The number of nitrogens with one attached hydrogen (secondary N) is 1. The number of hydrogen-bond donors (Lipinski definition) is 2. The summed E-state index contributed by atoms with van der Waals surface area (Å²) in [4.78, 5) is 9.95. The Hall–Kier alpha value is -0.500. The van der Waals surface area contributed by atoms with E-state index in [0.29, 0.717) is 0 Å². The molecule has 2 amide bonds. The van der Waals surface area contributed by atoms with Crippen LogP contribution in [0.15, 0.2) is 0 Å². The topological polar surface area (TPSA) is 72.2 Å². The van der Waals surface area contributed by atoms with Crippen molar-refractivity contribution >= 4 is 13.3 Å². The van der Waals surface area contributed by atoms with Crippen LogP contribution >= 0.6 is 7.29 Å². The lowest BCUT2D eigenvalue weighted by molar-refractivity contribution is 0.253. The first kappa shape index (κ1) is 7.50. The number of amides is 2. The molecule has 5 heteroatoms. The van der Waals surface area contributed by atoms with Crippen LogP contribution in [0.2, 0.25) is 0 Å². The van der Waals surface area contributed by atoms with Gasteiger partial charge in [-0.25, -0.2) is 4.79 Å². The lowest BCUT2D eigenvalue weighted by atomic mass is 11.2. The molecular formula is C3H9N2O2P. The van der Waals surface area contributed by atoms with Crippen molar-refractivity contribution < 1.29 is 9.36 Å². The molecule has 0 aromatic carbocycles. The number of urea groups is 1. The third-order valence-electron chi connectivity index (χ3n) is 0.379. The second-order valence-electron chi connectivity index (χ2n) is 1.83. The van der Waals surface area contributed by atoms with Crippen LogP contribution in [-0.2, 0) is 4.57 Å². The first-order valence-electron chi connectivity index (χ1n) is 2.04. The summed E-state index contributed by atoms with van der Waals surface area (Å²) in [6.07, 6.45) is 0. The fraction of sp³-hybridized carbons (Fsp3) is 0.667. The molecule has 3 N–H and O–H groups in total. The maximum atomic E-state index is 10.6. The number of hydrogen-bond acceptors (Lipinski definition) is 2. The van der Waals surface area contributed by atoms with Crippen LogP contribution in [0.25, 0.3) is 0 Å². The van der Waals surface area contributed by atoms with E-state index in [-0.39, 0.29) is 0 Å². The normalized spacial score (nSPS) is 10.8. The molecule has 0 saturated carbocycles. The average Bonchev–Trinajstić information content (AvgIpc) is 1.21. The highest BCUT2D eigenvalue weighted by atomic mass is 31.2. The summed E-state index contributed by atoms with van der Waals surface area (Å²) in [5.41, 5.74) is 4.66. The second-order valence-corrected chi connectivity index (χ2v) is 4.75.